The Morgan fingerprint density at radius 1 is 0.800 bits per heavy atom. The summed E-state index contributed by atoms with van der Waals surface area (Å²) in [7, 11) is 0. The van der Waals surface area contributed by atoms with Crippen molar-refractivity contribution >= 4 is 29.3 Å². The van der Waals surface area contributed by atoms with E-state index in [1.54, 1.807) is 4.90 Å². The molecule has 5 nitrogen and oxygen atoms in total. The van der Waals surface area contributed by atoms with E-state index in [0.717, 1.165) is 35.1 Å². The zero-order valence-electron chi connectivity index (χ0n) is 19.4. The minimum atomic E-state index is -1.14. The Balaban J connectivity index is 1.27. The molecule has 1 fully saturated rings. The number of halogens is 2. The normalized spacial score (nSPS) is 15.2. The van der Waals surface area contributed by atoms with Crippen molar-refractivity contribution in [1.82, 2.24) is 9.80 Å². The molecular formula is C28H25F2N3O2. The van der Waals surface area contributed by atoms with Gasteiger partial charge in [-0.05, 0) is 54.4 Å². The molecule has 7 heteroatoms. The highest BCUT2D eigenvalue weighted by Crippen LogP contribution is 2.34. The second-order valence-corrected chi connectivity index (χ2v) is 8.76. The smallest absolute Gasteiger partial charge is 0.257 e. The van der Waals surface area contributed by atoms with Crippen LogP contribution < -0.4 is 4.90 Å². The summed E-state index contributed by atoms with van der Waals surface area (Å²) in [5.74, 6) is -2.86. The number of hydrogen-bond acceptors (Lipinski definition) is 3. The molecule has 5 rings (SSSR count). The lowest BCUT2D eigenvalue weighted by atomic mass is 10.0. The first-order valence-corrected chi connectivity index (χ1v) is 11.6. The van der Waals surface area contributed by atoms with E-state index in [0.29, 0.717) is 18.7 Å². The van der Waals surface area contributed by atoms with Gasteiger partial charge < -0.3 is 14.7 Å². The fraction of sp³-hybridized carbons (Fsp3) is 0.214. The first-order chi connectivity index (χ1) is 16.9. The van der Waals surface area contributed by atoms with E-state index in [4.69, 9.17) is 0 Å². The third-order valence-electron chi connectivity index (χ3n) is 6.58. The van der Waals surface area contributed by atoms with Crippen molar-refractivity contribution < 1.29 is 18.4 Å². The quantitative estimate of drug-likeness (QED) is 0.536. The van der Waals surface area contributed by atoms with Gasteiger partial charge in [0.2, 0.25) is 0 Å². The lowest BCUT2D eigenvalue weighted by Gasteiger charge is -2.35. The third-order valence-corrected chi connectivity index (χ3v) is 6.58. The molecule has 3 aromatic rings. The Hall–Kier alpha value is -4.00. The molecule has 0 N–H and O–H groups in total. The summed E-state index contributed by atoms with van der Waals surface area (Å²) in [6.07, 6.45) is 4.24. The van der Waals surface area contributed by atoms with E-state index in [1.165, 1.54) is 17.0 Å². The average Bonchev–Trinajstić information content (AvgIpc) is 2.89. The fourth-order valence-electron chi connectivity index (χ4n) is 4.71. The zero-order chi connectivity index (χ0) is 24.5. The Bertz CT molecular complexity index is 1330. The van der Waals surface area contributed by atoms with E-state index in [-0.39, 0.29) is 24.6 Å². The van der Waals surface area contributed by atoms with Crippen molar-refractivity contribution in [2.24, 2.45) is 0 Å². The van der Waals surface area contributed by atoms with Crippen LogP contribution in [0.4, 0.5) is 20.2 Å². The van der Waals surface area contributed by atoms with Gasteiger partial charge in [-0.3, -0.25) is 9.59 Å². The first-order valence-electron chi connectivity index (χ1n) is 11.6. The number of piperazine rings is 1. The molecule has 0 atom stereocenters. The second kappa shape index (κ2) is 9.33. The van der Waals surface area contributed by atoms with Gasteiger partial charge in [0.15, 0.2) is 11.6 Å². The predicted molar refractivity (Wildman–Crippen MR) is 132 cm³/mol. The molecule has 0 spiro atoms. The van der Waals surface area contributed by atoms with E-state index < -0.39 is 17.5 Å². The van der Waals surface area contributed by atoms with Crippen molar-refractivity contribution in [3.05, 3.63) is 101 Å². The Morgan fingerprint density at radius 3 is 2.26 bits per heavy atom. The Kier molecular flexibility index (Phi) is 6.07. The minimum Gasteiger partial charge on any atom is -0.337 e. The zero-order valence-corrected chi connectivity index (χ0v) is 19.4. The molecule has 3 aromatic carbocycles. The van der Waals surface area contributed by atoms with Gasteiger partial charge in [-0.15, -0.1) is 0 Å². The maximum Gasteiger partial charge on any atom is 0.257 e. The van der Waals surface area contributed by atoms with Crippen LogP contribution in [-0.4, -0.2) is 54.3 Å². The largest absolute Gasteiger partial charge is 0.337 e. The van der Waals surface area contributed by atoms with Crippen LogP contribution in [0.5, 0.6) is 0 Å². The van der Waals surface area contributed by atoms with Crippen LogP contribution in [0.3, 0.4) is 0 Å². The average molecular weight is 474 g/mol. The van der Waals surface area contributed by atoms with Crippen LogP contribution in [0.1, 0.15) is 31.8 Å². The number of hydrogen-bond donors (Lipinski definition) is 0. The van der Waals surface area contributed by atoms with Crippen molar-refractivity contribution in [2.75, 3.05) is 37.6 Å². The molecule has 178 valence electrons. The number of benzene rings is 3. The molecule has 2 amide bonds. The molecule has 0 radical (unpaired) electrons. The molecule has 2 heterocycles. The van der Waals surface area contributed by atoms with Gasteiger partial charge in [-0.1, -0.05) is 36.4 Å². The van der Waals surface area contributed by atoms with Crippen LogP contribution >= 0.6 is 0 Å². The predicted octanol–water partition coefficient (Wildman–Crippen LogP) is 5.04. The standard InChI is InChI=1S/C28H25F2N3O2/c1-19-18-21(11-12-24(19)33-13-5-7-20-6-2-3-10-25(20)33)27(34)31-14-16-32(17-15-31)28(35)22-8-4-9-23(29)26(22)30/h2-12,18H,13-17H2,1H3. The number of anilines is 2. The Labute approximate surface area is 202 Å². The van der Waals surface area contributed by atoms with Gasteiger partial charge in [0.25, 0.3) is 11.8 Å². The molecule has 2 aliphatic rings. The summed E-state index contributed by atoms with van der Waals surface area (Å²) in [5.41, 5.74) is 4.63. The first kappa shape index (κ1) is 22.8. The summed E-state index contributed by atoms with van der Waals surface area (Å²) in [6.45, 7) is 3.92. The highest BCUT2D eigenvalue weighted by Gasteiger charge is 2.28. The van der Waals surface area contributed by atoms with Gasteiger partial charge in [0.1, 0.15) is 0 Å². The highest BCUT2D eigenvalue weighted by atomic mass is 19.2. The number of para-hydroxylation sites is 1. The fourth-order valence-corrected chi connectivity index (χ4v) is 4.71. The number of carbonyl (C=O) groups is 2. The number of nitrogens with zero attached hydrogens (tertiary/aromatic N) is 3. The maximum absolute atomic E-state index is 14.0. The molecule has 1 saturated heterocycles. The summed E-state index contributed by atoms with van der Waals surface area (Å²) >= 11 is 0. The van der Waals surface area contributed by atoms with Gasteiger partial charge >= 0.3 is 0 Å². The van der Waals surface area contributed by atoms with Crippen molar-refractivity contribution in [3.63, 3.8) is 0 Å². The molecule has 2 aliphatic heterocycles. The molecule has 0 aromatic heterocycles. The van der Waals surface area contributed by atoms with Gasteiger partial charge in [0, 0.05) is 49.7 Å². The SMILES string of the molecule is Cc1cc(C(=O)N2CCN(C(=O)c3cccc(F)c3F)CC2)ccc1N1CC=Cc2ccccc21. The number of fused-ring (bicyclic) bond motifs is 1. The lowest BCUT2D eigenvalue weighted by molar-refractivity contribution is 0.0532. The van der Waals surface area contributed by atoms with E-state index >= 15 is 0 Å². The lowest BCUT2D eigenvalue weighted by Crippen LogP contribution is -2.50. The summed E-state index contributed by atoms with van der Waals surface area (Å²) in [5, 5.41) is 0. The van der Waals surface area contributed by atoms with Crippen LogP contribution in [0.2, 0.25) is 0 Å². The molecule has 0 unspecified atom stereocenters. The highest BCUT2D eigenvalue weighted by molar-refractivity contribution is 5.96. The maximum atomic E-state index is 14.0. The van der Waals surface area contributed by atoms with Crippen molar-refractivity contribution in [2.45, 2.75) is 6.92 Å². The molecule has 0 saturated carbocycles. The minimum absolute atomic E-state index is 0.109. The molecule has 35 heavy (non-hydrogen) atoms. The van der Waals surface area contributed by atoms with E-state index in [2.05, 4.69) is 29.2 Å². The monoisotopic (exact) mass is 473 g/mol. The topological polar surface area (TPSA) is 43.9 Å². The van der Waals surface area contributed by atoms with Gasteiger partial charge in [-0.2, -0.15) is 0 Å². The van der Waals surface area contributed by atoms with Crippen molar-refractivity contribution in [3.8, 4) is 0 Å². The third kappa shape index (κ3) is 4.30. The second-order valence-electron chi connectivity index (χ2n) is 8.76. The summed E-state index contributed by atoms with van der Waals surface area (Å²) in [4.78, 5) is 31.2. The Morgan fingerprint density at radius 2 is 1.51 bits per heavy atom. The van der Waals surface area contributed by atoms with Crippen LogP contribution in [0, 0.1) is 18.6 Å². The molecular weight excluding hydrogens is 448 g/mol. The van der Waals surface area contributed by atoms with Gasteiger partial charge in [0.05, 0.1) is 5.56 Å². The molecule has 0 aliphatic carbocycles. The number of carbonyl (C=O) groups excluding carboxylic acids is 2. The van der Waals surface area contributed by atoms with Crippen LogP contribution in [0.15, 0.2) is 66.7 Å². The van der Waals surface area contributed by atoms with Crippen LogP contribution in [-0.2, 0) is 0 Å². The van der Waals surface area contributed by atoms with Gasteiger partial charge in [-0.25, -0.2) is 8.78 Å². The summed E-state index contributed by atoms with van der Waals surface area (Å²) < 4.78 is 27.5. The van der Waals surface area contributed by atoms with Crippen LogP contribution in [0.25, 0.3) is 6.08 Å². The number of aryl methyl sites for hydroxylation is 1. The number of rotatable bonds is 3. The molecule has 0 bridgehead atoms. The summed E-state index contributed by atoms with van der Waals surface area (Å²) in [6, 6.07) is 17.5. The number of amides is 2. The van der Waals surface area contributed by atoms with Crippen molar-refractivity contribution in [1.29, 1.82) is 0 Å². The van der Waals surface area contributed by atoms with E-state index in [9.17, 15) is 18.4 Å². The van der Waals surface area contributed by atoms with E-state index in [1.807, 2.05) is 37.3 Å².